The Morgan fingerprint density at radius 2 is 1.09 bits per heavy atom. The van der Waals surface area contributed by atoms with Crippen molar-refractivity contribution in [1.82, 2.24) is 5.32 Å². The highest BCUT2D eigenvalue weighted by Gasteiger charge is 2.10. The summed E-state index contributed by atoms with van der Waals surface area (Å²) in [5, 5.41) is 3.61. The molecule has 0 heterocycles. The van der Waals surface area contributed by atoms with Crippen LogP contribution in [0, 0.1) is 17.8 Å². The molecule has 140 valence electrons. The zero-order valence-corrected chi connectivity index (χ0v) is 17.1. The molecule has 0 radical (unpaired) electrons. The number of unbranched alkanes of at least 4 members (excludes halogenated alkanes) is 5. The van der Waals surface area contributed by atoms with Gasteiger partial charge >= 0.3 is 0 Å². The molecule has 0 aliphatic rings. The zero-order chi connectivity index (χ0) is 17.3. The van der Waals surface area contributed by atoms with Crippen LogP contribution in [0.25, 0.3) is 0 Å². The Balaban J connectivity index is 3.56. The molecule has 0 saturated carbocycles. The first-order chi connectivity index (χ1) is 11.1. The van der Waals surface area contributed by atoms with Crippen LogP contribution in [-0.2, 0) is 0 Å². The van der Waals surface area contributed by atoms with Gasteiger partial charge in [-0.05, 0) is 43.7 Å². The maximum absolute atomic E-state index is 3.61. The van der Waals surface area contributed by atoms with Crippen molar-refractivity contribution in [3.63, 3.8) is 0 Å². The summed E-state index contributed by atoms with van der Waals surface area (Å²) in [5.41, 5.74) is 0. The molecule has 0 atom stereocenters. The lowest BCUT2D eigenvalue weighted by atomic mass is 9.87. The van der Waals surface area contributed by atoms with Crippen LogP contribution in [0.1, 0.15) is 112 Å². The van der Waals surface area contributed by atoms with Gasteiger partial charge in [-0.15, -0.1) is 0 Å². The fourth-order valence-corrected chi connectivity index (χ4v) is 3.23. The first-order valence-corrected chi connectivity index (χ1v) is 10.8. The molecular formula is C22H47N. The minimum Gasteiger partial charge on any atom is -0.317 e. The van der Waals surface area contributed by atoms with Gasteiger partial charge in [0.1, 0.15) is 0 Å². The van der Waals surface area contributed by atoms with Gasteiger partial charge in [0.15, 0.2) is 0 Å². The van der Waals surface area contributed by atoms with Gasteiger partial charge in [0.2, 0.25) is 0 Å². The lowest BCUT2D eigenvalue weighted by Crippen LogP contribution is -2.16. The lowest BCUT2D eigenvalue weighted by Gasteiger charge is -2.19. The van der Waals surface area contributed by atoms with E-state index in [1.54, 1.807) is 0 Å². The first-order valence-electron chi connectivity index (χ1n) is 10.8. The standard InChI is InChI=1S/C22H47N/c1-6-7-8-11-18-23-19-12-9-10-13-22(16-14-20(2)3)17-15-21(4)5/h20-23H,6-19H2,1-5H3. The summed E-state index contributed by atoms with van der Waals surface area (Å²) in [5.74, 6) is 2.73. The van der Waals surface area contributed by atoms with E-state index in [1.165, 1.54) is 90.1 Å². The number of hydrogen-bond acceptors (Lipinski definition) is 1. The average Bonchev–Trinajstić information content (AvgIpc) is 2.50. The molecule has 1 N–H and O–H groups in total. The largest absolute Gasteiger partial charge is 0.317 e. The Hall–Kier alpha value is -0.0400. The summed E-state index contributed by atoms with van der Waals surface area (Å²) in [4.78, 5) is 0. The van der Waals surface area contributed by atoms with Gasteiger partial charge in [-0.3, -0.25) is 0 Å². The number of rotatable bonds is 17. The Kier molecular flexibility index (Phi) is 16.8. The Labute approximate surface area is 148 Å². The highest BCUT2D eigenvalue weighted by Crippen LogP contribution is 2.24. The van der Waals surface area contributed by atoms with Crippen LogP contribution >= 0.6 is 0 Å². The van der Waals surface area contributed by atoms with E-state index in [9.17, 15) is 0 Å². The molecule has 0 saturated heterocycles. The van der Waals surface area contributed by atoms with Crippen LogP contribution in [0.2, 0.25) is 0 Å². The fourth-order valence-electron chi connectivity index (χ4n) is 3.23. The molecule has 0 aromatic rings. The van der Waals surface area contributed by atoms with E-state index in [4.69, 9.17) is 0 Å². The predicted octanol–water partition coefficient (Wildman–Crippen LogP) is 7.21. The van der Waals surface area contributed by atoms with Gasteiger partial charge < -0.3 is 5.32 Å². The molecule has 0 aliphatic heterocycles. The summed E-state index contributed by atoms with van der Waals surface area (Å²) in [6, 6.07) is 0. The normalized spacial score (nSPS) is 12.0. The van der Waals surface area contributed by atoms with E-state index in [1.807, 2.05) is 0 Å². The van der Waals surface area contributed by atoms with Crippen LogP contribution in [0.3, 0.4) is 0 Å². The average molecular weight is 326 g/mol. The molecule has 0 amide bonds. The first kappa shape index (κ1) is 23.0. The van der Waals surface area contributed by atoms with Crippen molar-refractivity contribution < 1.29 is 0 Å². The van der Waals surface area contributed by atoms with E-state index in [-0.39, 0.29) is 0 Å². The van der Waals surface area contributed by atoms with Gasteiger partial charge in [-0.25, -0.2) is 0 Å². The Morgan fingerprint density at radius 3 is 1.57 bits per heavy atom. The van der Waals surface area contributed by atoms with Crippen LogP contribution in [0.4, 0.5) is 0 Å². The molecule has 0 spiro atoms. The van der Waals surface area contributed by atoms with Gasteiger partial charge in [0, 0.05) is 0 Å². The highest BCUT2D eigenvalue weighted by atomic mass is 14.8. The zero-order valence-electron chi connectivity index (χ0n) is 17.1. The van der Waals surface area contributed by atoms with Gasteiger partial charge in [0.25, 0.3) is 0 Å². The summed E-state index contributed by atoms with van der Waals surface area (Å²) in [6.45, 7) is 14.2. The summed E-state index contributed by atoms with van der Waals surface area (Å²) >= 11 is 0. The minimum absolute atomic E-state index is 0.869. The van der Waals surface area contributed by atoms with Gasteiger partial charge in [-0.1, -0.05) is 98.8 Å². The smallest absolute Gasteiger partial charge is 0.00489 e. The third kappa shape index (κ3) is 18.1. The van der Waals surface area contributed by atoms with Crippen molar-refractivity contribution in [1.29, 1.82) is 0 Å². The highest BCUT2D eigenvalue weighted by molar-refractivity contribution is 4.63. The van der Waals surface area contributed by atoms with Crippen molar-refractivity contribution in [3.8, 4) is 0 Å². The quantitative estimate of drug-likeness (QED) is 0.279. The minimum atomic E-state index is 0.869. The van der Waals surface area contributed by atoms with Crippen molar-refractivity contribution in [2.75, 3.05) is 13.1 Å². The second-order valence-corrected chi connectivity index (χ2v) is 8.47. The third-order valence-electron chi connectivity index (χ3n) is 4.98. The van der Waals surface area contributed by atoms with Crippen molar-refractivity contribution in [2.24, 2.45) is 17.8 Å². The summed E-state index contributed by atoms with van der Waals surface area (Å²) in [7, 11) is 0. The van der Waals surface area contributed by atoms with Crippen molar-refractivity contribution >= 4 is 0 Å². The van der Waals surface area contributed by atoms with E-state index >= 15 is 0 Å². The second kappa shape index (κ2) is 16.8. The molecule has 0 rings (SSSR count). The second-order valence-electron chi connectivity index (χ2n) is 8.47. The molecule has 23 heavy (non-hydrogen) atoms. The molecule has 1 nitrogen and oxygen atoms in total. The van der Waals surface area contributed by atoms with Crippen LogP contribution in [0.5, 0.6) is 0 Å². The van der Waals surface area contributed by atoms with Gasteiger partial charge in [-0.2, -0.15) is 0 Å². The molecule has 0 aromatic carbocycles. The van der Waals surface area contributed by atoms with Gasteiger partial charge in [0.05, 0.1) is 0 Å². The number of nitrogens with one attached hydrogen (secondary N) is 1. The Morgan fingerprint density at radius 1 is 0.565 bits per heavy atom. The van der Waals surface area contributed by atoms with Crippen molar-refractivity contribution in [3.05, 3.63) is 0 Å². The Bertz CT molecular complexity index is 210. The van der Waals surface area contributed by atoms with Crippen molar-refractivity contribution in [2.45, 2.75) is 112 Å². The molecule has 1 heteroatoms. The number of hydrogen-bond donors (Lipinski definition) is 1. The summed E-state index contributed by atoms with van der Waals surface area (Å²) < 4.78 is 0. The van der Waals surface area contributed by atoms with Crippen LogP contribution in [0.15, 0.2) is 0 Å². The SMILES string of the molecule is CCCCCCNCCCCCC(CCC(C)C)CCC(C)C. The van der Waals surface area contributed by atoms with E-state index in [2.05, 4.69) is 39.9 Å². The maximum atomic E-state index is 3.61. The molecule has 0 fully saturated rings. The molecule has 0 bridgehead atoms. The third-order valence-corrected chi connectivity index (χ3v) is 4.98. The summed E-state index contributed by atoms with van der Waals surface area (Å²) in [6.07, 6.45) is 17.0. The molecular weight excluding hydrogens is 278 g/mol. The van der Waals surface area contributed by atoms with Crippen LogP contribution in [-0.4, -0.2) is 13.1 Å². The molecule has 0 aliphatic carbocycles. The lowest BCUT2D eigenvalue weighted by molar-refractivity contribution is 0.340. The molecule has 0 unspecified atom stereocenters. The van der Waals surface area contributed by atoms with E-state index in [0.29, 0.717) is 0 Å². The monoisotopic (exact) mass is 325 g/mol. The topological polar surface area (TPSA) is 12.0 Å². The molecule has 0 aromatic heterocycles. The predicted molar refractivity (Wildman–Crippen MR) is 107 cm³/mol. The van der Waals surface area contributed by atoms with Crippen LogP contribution < -0.4 is 5.32 Å². The van der Waals surface area contributed by atoms with E-state index < -0.39 is 0 Å². The maximum Gasteiger partial charge on any atom is -0.00489 e. The fraction of sp³-hybridized carbons (Fsp3) is 1.00. The van der Waals surface area contributed by atoms with E-state index in [0.717, 1.165) is 17.8 Å².